The molecule has 1 aromatic heterocycles. The number of esters is 1. The summed E-state index contributed by atoms with van der Waals surface area (Å²) in [7, 11) is 1.65. The molecule has 4 rings (SSSR count). The van der Waals surface area contributed by atoms with E-state index in [0.29, 0.717) is 23.0 Å². The van der Waals surface area contributed by atoms with Gasteiger partial charge in [0.05, 0.1) is 11.1 Å². The summed E-state index contributed by atoms with van der Waals surface area (Å²) in [6, 6.07) is 23.4. The highest BCUT2D eigenvalue weighted by molar-refractivity contribution is 6.02. The summed E-state index contributed by atoms with van der Waals surface area (Å²) in [5.74, 6) is -1.11. The highest BCUT2D eigenvalue weighted by Crippen LogP contribution is 2.16. The maximum absolute atomic E-state index is 12.9. The van der Waals surface area contributed by atoms with Gasteiger partial charge in [0.2, 0.25) is 0 Å². The average Bonchev–Trinajstić information content (AvgIpc) is 2.84. The Labute approximate surface area is 190 Å². The third kappa shape index (κ3) is 4.82. The van der Waals surface area contributed by atoms with E-state index in [9.17, 15) is 14.4 Å². The van der Waals surface area contributed by atoms with Gasteiger partial charge in [-0.3, -0.25) is 9.59 Å². The predicted molar refractivity (Wildman–Crippen MR) is 125 cm³/mol. The molecule has 0 spiro atoms. The van der Waals surface area contributed by atoms with E-state index in [-0.39, 0.29) is 17.2 Å². The van der Waals surface area contributed by atoms with Crippen molar-refractivity contribution < 1.29 is 14.3 Å². The summed E-state index contributed by atoms with van der Waals surface area (Å²) in [5.41, 5.74) is 2.27. The van der Waals surface area contributed by atoms with Crippen LogP contribution in [-0.4, -0.2) is 40.2 Å². The molecule has 0 atom stereocenters. The lowest BCUT2D eigenvalue weighted by Crippen LogP contribution is -2.31. The molecule has 1 heterocycles. The van der Waals surface area contributed by atoms with Crippen LogP contribution in [0.25, 0.3) is 16.5 Å². The van der Waals surface area contributed by atoms with Gasteiger partial charge < -0.3 is 9.64 Å². The number of carbonyl (C=O) groups excluding carboxylic acids is 2. The maximum atomic E-state index is 12.9. The summed E-state index contributed by atoms with van der Waals surface area (Å²) >= 11 is 0. The number of rotatable bonds is 6. The predicted octanol–water partition coefficient (Wildman–Crippen LogP) is 3.51. The van der Waals surface area contributed by atoms with Crippen LogP contribution < -0.4 is 5.56 Å². The molecule has 166 valence electrons. The Bertz CT molecular complexity index is 1360. The number of aryl methyl sites for hydroxylation is 1. The molecule has 0 fully saturated rings. The molecular weight excluding hydrogens is 418 g/mol. The minimum absolute atomic E-state index is 0.0250. The molecule has 0 bridgehead atoms. The Morgan fingerprint density at radius 3 is 2.24 bits per heavy atom. The number of ether oxygens (including phenoxy) is 1. The molecule has 33 heavy (non-hydrogen) atoms. The lowest BCUT2D eigenvalue weighted by Gasteiger charge is -2.17. The first-order valence-corrected chi connectivity index (χ1v) is 10.5. The van der Waals surface area contributed by atoms with Crippen LogP contribution in [0.2, 0.25) is 0 Å². The van der Waals surface area contributed by atoms with E-state index < -0.39 is 12.6 Å². The second-order valence-electron chi connectivity index (χ2n) is 7.76. The zero-order valence-corrected chi connectivity index (χ0v) is 18.4. The maximum Gasteiger partial charge on any atom is 0.359 e. The Balaban J connectivity index is 1.55. The summed E-state index contributed by atoms with van der Waals surface area (Å²) in [6.07, 6.45) is 0. The van der Waals surface area contributed by atoms with Crippen molar-refractivity contribution >= 4 is 22.6 Å². The Morgan fingerprint density at radius 2 is 1.55 bits per heavy atom. The van der Waals surface area contributed by atoms with Crippen molar-refractivity contribution in [2.24, 2.45) is 0 Å². The summed E-state index contributed by atoms with van der Waals surface area (Å²) in [6.45, 7) is 1.97. The van der Waals surface area contributed by atoms with Gasteiger partial charge in [0, 0.05) is 19.0 Å². The SMILES string of the molecule is Cc1ccc(CN(C)C(=O)COC(=O)c2nn(-c3ccccc3)c(=O)c3ccccc23)cc1. The summed E-state index contributed by atoms with van der Waals surface area (Å²) in [4.78, 5) is 39.9. The second kappa shape index (κ2) is 9.48. The molecular formula is C26H23N3O4. The van der Waals surface area contributed by atoms with Crippen LogP contribution in [-0.2, 0) is 16.1 Å². The first-order valence-electron chi connectivity index (χ1n) is 10.5. The number of hydrogen-bond donors (Lipinski definition) is 0. The van der Waals surface area contributed by atoms with E-state index in [4.69, 9.17) is 4.74 Å². The van der Waals surface area contributed by atoms with Crippen molar-refractivity contribution in [1.82, 2.24) is 14.7 Å². The lowest BCUT2D eigenvalue weighted by molar-refractivity contribution is -0.133. The molecule has 0 radical (unpaired) electrons. The fourth-order valence-electron chi connectivity index (χ4n) is 3.45. The minimum atomic E-state index is -0.770. The molecule has 0 saturated carbocycles. The lowest BCUT2D eigenvalue weighted by atomic mass is 10.1. The third-order valence-corrected chi connectivity index (χ3v) is 5.29. The van der Waals surface area contributed by atoms with Crippen LogP contribution in [0.5, 0.6) is 0 Å². The van der Waals surface area contributed by atoms with Gasteiger partial charge in [0.1, 0.15) is 0 Å². The number of benzene rings is 3. The van der Waals surface area contributed by atoms with Gasteiger partial charge in [-0.15, -0.1) is 0 Å². The number of nitrogens with zero attached hydrogens (tertiary/aromatic N) is 3. The molecule has 0 aliphatic carbocycles. The molecule has 4 aromatic rings. The van der Waals surface area contributed by atoms with E-state index >= 15 is 0 Å². The van der Waals surface area contributed by atoms with E-state index in [1.165, 1.54) is 9.58 Å². The van der Waals surface area contributed by atoms with Gasteiger partial charge in [0.25, 0.3) is 11.5 Å². The van der Waals surface area contributed by atoms with E-state index in [2.05, 4.69) is 5.10 Å². The normalized spacial score (nSPS) is 10.7. The van der Waals surface area contributed by atoms with Crippen LogP contribution in [0.1, 0.15) is 21.6 Å². The molecule has 7 nitrogen and oxygen atoms in total. The minimum Gasteiger partial charge on any atom is -0.451 e. The number of carbonyl (C=O) groups is 2. The van der Waals surface area contributed by atoms with Gasteiger partial charge in [-0.2, -0.15) is 9.78 Å². The molecule has 0 aliphatic rings. The van der Waals surface area contributed by atoms with Crippen LogP contribution in [0.15, 0.2) is 83.7 Å². The molecule has 0 N–H and O–H groups in total. The van der Waals surface area contributed by atoms with Crippen molar-refractivity contribution in [3.8, 4) is 5.69 Å². The smallest absolute Gasteiger partial charge is 0.359 e. The van der Waals surface area contributed by atoms with Crippen molar-refractivity contribution in [3.63, 3.8) is 0 Å². The van der Waals surface area contributed by atoms with Gasteiger partial charge in [-0.1, -0.05) is 66.2 Å². The molecule has 0 aliphatic heterocycles. The number of para-hydroxylation sites is 1. The fourth-order valence-corrected chi connectivity index (χ4v) is 3.45. The van der Waals surface area contributed by atoms with Crippen molar-refractivity contribution in [2.75, 3.05) is 13.7 Å². The van der Waals surface area contributed by atoms with Gasteiger partial charge in [-0.25, -0.2) is 4.79 Å². The number of aromatic nitrogens is 2. The molecule has 7 heteroatoms. The molecule has 0 unspecified atom stereocenters. The molecule has 3 aromatic carbocycles. The van der Waals surface area contributed by atoms with Crippen molar-refractivity contribution in [3.05, 3.63) is 106 Å². The zero-order valence-electron chi connectivity index (χ0n) is 18.4. The van der Waals surface area contributed by atoms with Crippen LogP contribution in [0, 0.1) is 6.92 Å². The average molecular weight is 441 g/mol. The number of likely N-dealkylation sites (N-methyl/N-ethyl adjacent to an activating group) is 1. The largest absolute Gasteiger partial charge is 0.451 e. The van der Waals surface area contributed by atoms with E-state index in [1.54, 1.807) is 55.6 Å². The Morgan fingerprint density at radius 1 is 0.909 bits per heavy atom. The van der Waals surface area contributed by atoms with E-state index in [0.717, 1.165) is 11.1 Å². The van der Waals surface area contributed by atoms with Crippen LogP contribution in [0.3, 0.4) is 0 Å². The number of fused-ring (bicyclic) bond motifs is 1. The Hall–Kier alpha value is -4.26. The summed E-state index contributed by atoms with van der Waals surface area (Å²) < 4.78 is 6.47. The van der Waals surface area contributed by atoms with Gasteiger partial charge >= 0.3 is 5.97 Å². The first-order chi connectivity index (χ1) is 15.9. The standard InChI is InChI=1S/C26H23N3O4/c1-18-12-14-19(15-13-18)16-28(2)23(30)17-33-26(32)24-21-10-6-7-11-22(21)25(31)29(27-24)20-8-4-3-5-9-20/h3-15H,16-17H2,1-2H3. The molecule has 1 amide bonds. The fraction of sp³-hybridized carbons (Fsp3) is 0.154. The Kier molecular flexibility index (Phi) is 6.31. The third-order valence-electron chi connectivity index (χ3n) is 5.29. The second-order valence-corrected chi connectivity index (χ2v) is 7.76. The monoisotopic (exact) mass is 441 g/mol. The van der Waals surface area contributed by atoms with Crippen LogP contribution >= 0.6 is 0 Å². The topological polar surface area (TPSA) is 81.5 Å². The van der Waals surface area contributed by atoms with Gasteiger partial charge in [0.15, 0.2) is 12.3 Å². The number of amides is 1. The molecule has 0 saturated heterocycles. The van der Waals surface area contributed by atoms with E-state index in [1.807, 2.05) is 37.3 Å². The van der Waals surface area contributed by atoms with Crippen molar-refractivity contribution in [1.29, 1.82) is 0 Å². The van der Waals surface area contributed by atoms with Crippen molar-refractivity contribution in [2.45, 2.75) is 13.5 Å². The first kappa shape index (κ1) is 22.0. The zero-order chi connectivity index (χ0) is 23.4. The van der Waals surface area contributed by atoms with Gasteiger partial charge in [-0.05, 0) is 30.7 Å². The number of hydrogen-bond acceptors (Lipinski definition) is 5. The summed E-state index contributed by atoms with van der Waals surface area (Å²) in [5, 5.41) is 4.99. The highest BCUT2D eigenvalue weighted by Gasteiger charge is 2.20. The quantitative estimate of drug-likeness (QED) is 0.428. The van der Waals surface area contributed by atoms with Crippen LogP contribution in [0.4, 0.5) is 0 Å². The highest BCUT2D eigenvalue weighted by atomic mass is 16.5.